The van der Waals surface area contributed by atoms with Crippen LogP contribution in [0.4, 0.5) is 4.39 Å². The Hall–Kier alpha value is -3.48. The van der Waals surface area contributed by atoms with Gasteiger partial charge in [-0.25, -0.2) is 14.4 Å². The van der Waals surface area contributed by atoms with E-state index in [1.165, 1.54) is 12.1 Å². The van der Waals surface area contributed by atoms with Crippen LogP contribution in [0.1, 0.15) is 17.9 Å². The van der Waals surface area contributed by atoms with Crippen molar-refractivity contribution in [1.82, 2.24) is 24.8 Å². The van der Waals surface area contributed by atoms with Crippen LogP contribution in [0.5, 0.6) is 0 Å². The molecule has 5 rings (SSSR count). The van der Waals surface area contributed by atoms with Crippen molar-refractivity contribution in [3.05, 3.63) is 72.1 Å². The van der Waals surface area contributed by atoms with E-state index in [9.17, 15) is 9.18 Å². The van der Waals surface area contributed by atoms with E-state index in [1.807, 2.05) is 36.5 Å². The predicted octanol–water partition coefficient (Wildman–Crippen LogP) is 3.44. The molecule has 0 fully saturated rings. The van der Waals surface area contributed by atoms with Gasteiger partial charge in [-0.3, -0.25) is 4.79 Å². The Kier molecular flexibility index (Phi) is 4.35. The van der Waals surface area contributed by atoms with Crippen LogP contribution in [0.15, 0.2) is 54.7 Å². The van der Waals surface area contributed by atoms with Crippen molar-refractivity contribution in [3.8, 4) is 11.4 Å². The molecule has 6 nitrogen and oxygen atoms in total. The maximum atomic E-state index is 13.3. The monoisotopic (exact) mass is 389 g/mol. The summed E-state index contributed by atoms with van der Waals surface area (Å²) in [6, 6.07) is 14.5. The molecule has 2 aromatic heterocycles. The molecule has 1 amide bonds. The first-order valence-electron chi connectivity index (χ1n) is 9.69. The van der Waals surface area contributed by atoms with Gasteiger partial charge < -0.3 is 14.9 Å². The number of halogens is 1. The predicted molar refractivity (Wildman–Crippen MR) is 107 cm³/mol. The van der Waals surface area contributed by atoms with Crippen LogP contribution in [0, 0.1) is 11.7 Å². The summed E-state index contributed by atoms with van der Waals surface area (Å²) in [4.78, 5) is 24.7. The molecule has 0 aliphatic carbocycles. The van der Waals surface area contributed by atoms with E-state index in [1.54, 1.807) is 6.07 Å². The molecule has 0 unspecified atom stereocenters. The highest BCUT2D eigenvalue weighted by Gasteiger charge is 2.27. The van der Waals surface area contributed by atoms with E-state index >= 15 is 0 Å². The maximum absolute atomic E-state index is 13.3. The number of nitrogens with one attached hydrogen (secondary N) is 2. The molecule has 29 heavy (non-hydrogen) atoms. The number of carbonyl (C=O) groups excluding carboxylic acids is 1. The number of H-pyrrole nitrogens is 1. The standard InChI is InChI=1S/C22H20FN5O/c23-16-6-7-18-19(11-16)27-20(26-18)13-25-22(29)15-8-9-28-17(10-15)12-24-21(28)14-4-2-1-3-5-14/h1-7,11-12,15H,8-10,13H2,(H,25,29)(H,26,27)/t15-/m0/s1. The summed E-state index contributed by atoms with van der Waals surface area (Å²) in [5, 5.41) is 2.96. The van der Waals surface area contributed by atoms with Crippen molar-refractivity contribution in [2.75, 3.05) is 0 Å². The Morgan fingerprint density at radius 2 is 2.10 bits per heavy atom. The third-order valence-corrected chi connectivity index (χ3v) is 5.42. The van der Waals surface area contributed by atoms with Gasteiger partial charge in [-0.15, -0.1) is 0 Å². The number of fused-ring (bicyclic) bond motifs is 2. The molecule has 3 heterocycles. The van der Waals surface area contributed by atoms with Gasteiger partial charge in [-0.2, -0.15) is 0 Å². The topological polar surface area (TPSA) is 75.6 Å². The molecule has 7 heteroatoms. The lowest BCUT2D eigenvalue weighted by atomic mass is 9.95. The van der Waals surface area contributed by atoms with Gasteiger partial charge in [0, 0.05) is 36.3 Å². The van der Waals surface area contributed by atoms with E-state index in [2.05, 4.69) is 24.8 Å². The molecule has 0 bridgehead atoms. The molecule has 0 saturated carbocycles. The zero-order valence-corrected chi connectivity index (χ0v) is 15.7. The number of carbonyl (C=O) groups is 1. The molecule has 0 radical (unpaired) electrons. The molecule has 1 aliphatic rings. The molecule has 2 N–H and O–H groups in total. The third-order valence-electron chi connectivity index (χ3n) is 5.42. The van der Waals surface area contributed by atoms with Crippen LogP contribution < -0.4 is 5.32 Å². The highest BCUT2D eigenvalue weighted by molar-refractivity contribution is 5.79. The van der Waals surface area contributed by atoms with Crippen LogP contribution in [-0.2, 0) is 24.3 Å². The van der Waals surface area contributed by atoms with Crippen molar-refractivity contribution < 1.29 is 9.18 Å². The van der Waals surface area contributed by atoms with E-state index in [-0.39, 0.29) is 17.6 Å². The van der Waals surface area contributed by atoms with Crippen molar-refractivity contribution in [2.45, 2.75) is 25.9 Å². The van der Waals surface area contributed by atoms with Crippen LogP contribution in [0.3, 0.4) is 0 Å². The molecule has 1 aliphatic heterocycles. The van der Waals surface area contributed by atoms with Crippen molar-refractivity contribution in [2.24, 2.45) is 5.92 Å². The molecule has 1 atom stereocenters. The molecule has 0 saturated heterocycles. The minimum atomic E-state index is -0.314. The summed E-state index contributed by atoms with van der Waals surface area (Å²) >= 11 is 0. The molecular weight excluding hydrogens is 369 g/mol. The quantitative estimate of drug-likeness (QED) is 0.561. The Labute approximate surface area is 166 Å². The number of amides is 1. The van der Waals surface area contributed by atoms with Crippen molar-refractivity contribution >= 4 is 16.9 Å². The molecule has 4 aromatic rings. The highest BCUT2D eigenvalue weighted by Crippen LogP contribution is 2.27. The van der Waals surface area contributed by atoms with Gasteiger partial charge in [0.15, 0.2) is 0 Å². The van der Waals surface area contributed by atoms with Gasteiger partial charge >= 0.3 is 0 Å². The molecule has 146 valence electrons. The maximum Gasteiger partial charge on any atom is 0.223 e. The zero-order valence-electron chi connectivity index (χ0n) is 15.7. The number of aromatic amines is 1. The number of imidazole rings is 2. The second-order valence-electron chi connectivity index (χ2n) is 7.34. The first kappa shape index (κ1) is 17.6. The third kappa shape index (κ3) is 3.40. The Bertz CT molecular complexity index is 1180. The van der Waals surface area contributed by atoms with Gasteiger partial charge in [-0.05, 0) is 24.6 Å². The molecule has 0 spiro atoms. The summed E-state index contributed by atoms with van der Waals surface area (Å²) in [5.74, 6) is 1.17. The fourth-order valence-electron chi connectivity index (χ4n) is 3.94. The fraction of sp³-hybridized carbons (Fsp3) is 0.227. The summed E-state index contributed by atoms with van der Waals surface area (Å²) in [6.45, 7) is 1.06. The first-order chi connectivity index (χ1) is 14.2. The highest BCUT2D eigenvalue weighted by atomic mass is 19.1. The lowest BCUT2D eigenvalue weighted by molar-refractivity contribution is -0.125. The number of hydrogen-bond donors (Lipinski definition) is 2. The summed E-state index contributed by atoms with van der Waals surface area (Å²) in [6.07, 6.45) is 3.30. The number of rotatable bonds is 4. The van der Waals surface area contributed by atoms with E-state index < -0.39 is 0 Å². The summed E-state index contributed by atoms with van der Waals surface area (Å²) in [7, 11) is 0. The second kappa shape index (κ2) is 7.16. The van der Waals surface area contributed by atoms with E-state index in [0.717, 1.165) is 30.0 Å². The average molecular weight is 389 g/mol. The van der Waals surface area contributed by atoms with E-state index in [4.69, 9.17) is 0 Å². The smallest absolute Gasteiger partial charge is 0.223 e. The first-order valence-corrected chi connectivity index (χ1v) is 9.69. The number of benzene rings is 2. The average Bonchev–Trinajstić information content (AvgIpc) is 3.35. The number of nitrogens with zero attached hydrogens (tertiary/aromatic N) is 3. The lowest BCUT2D eigenvalue weighted by Crippen LogP contribution is -2.35. The van der Waals surface area contributed by atoms with Crippen molar-refractivity contribution in [1.29, 1.82) is 0 Å². The number of aromatic nitrogens is 4. The van der Waals surface area contributed by atoms with E-state index in [0.29, 0.717) is 29.8 Å². The van der Waals surface area contributed by atoms with Crippen molar-refractivity contribution in [3.63, 3.8) is 0 Å². The number of hydrogen-bond acceptors (Lipinski definition) is 3. The largest absolute Gasteiger partial charge is 0.349 e. The SMILES string of the molecule is O=C(NCc1nc2ccc(F)cc2[nH]1)[C@H]1CCn2c(cnc2-c2ccccc2)C1. The normalized spacial score (nSPS) is 16.0. The van der Waals surface area contributed by atoms with Crippen LogP contribution in [0.25, 0.3) is 22.4 Å². The van der Waals surface area contributed by atoms with Gasteiger partial charge in [0.1, 0.15) is 17.5 Å². The molecular formula is C22H20FN5O. The fourth-order valence-corrected chi connectivity index (χ4v) is 3.94. The minimum absolute atomic E-state index is 0.00495. The second-order valence-corrected chi connectivity index (χ2v) is 7.34. The Morgan fingerprint density at radius 3 is 2.97 bits per heavy atom. The minimum Gasteiger partial charge on any atom is -0.349 e. The molecule has 2 aromatic carbocycles. The van der Waals surface area contributed by atoms with Crippen LogP contribution >= 0.6 is 0 Å². The van der Waals surface area contributed by atoms with Gasteiger partial charge in [-0.1, -0.05) is 30.3 Å². The van der Waals surface area contributed by atoms with Crippen LogP contribution in [-0.4, -0.2) is 25.4 Å². The van der Waals surface area contributed by atoms with Crippen LogP contribution in [0.2, 0.25) is 0 Å². The van der Waals surface area contributed by atoms with Gasteiger partial charge in [0.25, 0.3) is 0 Å². The summed E-state index contributed by atoms with van der Waals surface area (Å²) in [5.41, 5.74) is 3.48. The Morgan fingerprint density at radius 1 is 1.24 bits per heavy atom. The van der Waals surface area contributed by atoms with Gasteiger partial charge in [0.05, 0.1) is 17.6 Å². The summed E-state index contributed by atoms with van der Waals surface area (Å²) < 4.78 is 15.5. The van der Waals surface area contributed by atoms with Gasteiger partial charge in [0.2, 0.25) is 5.91 Å². The zero-order chi connectivity index (χ0) is 19.8. The lowest BCUT2D eigenvalue weighted by Gasteiger charge is -2.24. The Balaban J connectivity index is 1.25.